The van der Waals surface area contributed by atoms with Crippen LogP contribution in [-0.4, -0.2) is 25.7 Å². The molecule has 0 spiro atoms. The summed E-state index contributed by atoms with van der Waals surface area (Å²) in [6.07, 6.45) is 4.43. The van der Waals surface area contributed by atoms with E-state index in [1.54, 1.807) is 12.4 Å². The molecule has 7 heteroatoms. The lowest BCUT2D eigenvalue weighted by Gasteiger charge is -2.07. The topological polar surface area (TPSA) is 80.7 Å². The average molecular weight is 375 g/mol. The van der Waals surface area contributed by atoms with Gasteiger partial charge in [-0.15, -0.1) is 11.3 Å². The minimum atomic E-state index is -0.00334. The van der Waals surface area contributed by atoms with E-state index in [0.717, 1.165) is 21.6 Å². The Kier molecular flexibility index (Phi) is 5.11. The fraction of sp³-hybridized carbons (Fsp3) is 0.150. The van der Waals surface area contributed by atoms with Gasteiger partial charge in [0.05, 0.1) is 22.5 Å². The van der Waals surface area contributed by atoms with Crippen LogP contribution in [0.25, 0.3) is 10.2 Å². The van der Waals surface area contributed by atoms with E-state index in [-0.39, 0.29) is 5.78 Å². The maximum atomic E-state index is 12.8. The fourth-order valence-electron chi connectivity index (χ4n) is 2.71. The first kappa shape index (κ1) is 17.2. The van der Waals surface area contributed by atoms with Gasteiger partial charge < -0.3 is 5.32 Å². The number of carbonyl (C=O) groups is 1. The quantitative estimate of drug-likeness (QED) is 0.493. The number of fused-ring (bicyclic) bond motifs is 1. The molecule has 1 N–H and O–H groups in total. The molecule has 4 aromatic heterocycles. The highest BCUT2D eigenvalue weighted by molar-refractivity contribution is 7.17. The van der Waals surface area contributed by atoms with Crippen LogP contribution in [0, 0.1) is 0 Å². The van der Waals surface area contributed by atoms with Gasteiger partial charge in [-0.1, -0.05) is 12.1 Å². The van der Waals surface area contributed by atoms with E-state index < -0.39 is 0 Å². The van der Waals surface area contributed by atoms with Crippen molar-refractivity contribution in [1.29, 1.82) is 0 Å². The van der Waals surface area contributed by atoms with E-state index in [9.17, 15) is 4.79 Å². The summed E-state index contributed by atoms with van der Waals surface area (Å²) < 4.78 is 0.824. The van der Waals surface area contributed by atoms with Crippen LogP contribution in [0.3, 0.4) is 0 Å². The first-order valence-electron chi connectivity index (χ1n) is 8.62. The van der Waals surface area contributed by atoms with Crippen LogP contribution >= 0.6 is 11.3 Å². The number of pyridine rings is 2. The van der Waals surface area contributed by atoms with E-state index in [4.69, 9.17) is 0 Å². The molecular weight excluding hydrogens is 358 g/mol. The highest BCUT2D eigenvalue weighted by atomic mass is 32.1. The molecule has 0 fully saturated rings. The molecule has 0 saturated heterocycles. The number of Topliss-reactive ketones (excluding diaryl/α,β-unsaturated/α-hetero) is 1. The van der Waals surface area contributed by atoms with Gasteiger partial charge in [-0.05, 0) is 42.1 Å². The Morgan fingerprint density at radius 3 is 2.48 bits per heavy atom. The van der Waals surface area contributed by atoms with Crippen LogP contribution in [-0.2, 0) is 13.0 Å². The highest BCUT2D eigenvalue weighted by Crippen LogP contribution is 2.25. The van der Waals surface area contributed by atoms with Crippen molar-refractivity contribution in [2.45, 2.75) is 19.4 Å². The predicted octanol–water partition coefficient (Wildman–Crippen LogP) is 3.91. The molecule has 6 nitrogen and oxygen atoms in total. The molecular formula is C20H17N5OS. The molecule has 0 aliphatic rings. The van der Waals surface area contributed by atoms with Crippen LogP contribution in [0.4, 0.5) is 5.95 Å². The number of ketones is 1. The maximum Gasteiger partial charge on any atom is 0.224 e. The number of nitrogens with one attached hydrogen (secondary N) is 1. The molecule has 0 aromatic carbocycles. The van der Waals surface area contributed by atoms with Crippen LogP contribution in [0.1, 0.15) is 28.3 Å². The van der Waals surface area contributed by atoms with Crippen molar-refractivity contribution < 1.29 is 4.79 Å². The van der Waals surface area contributed by atoms with Crippen molar-refractivity contribution >= 4 is 33.3 Å². The Morgan fingerprint density at radius 1 is 0.963 bits per heavy atom. The van der Waals surface area contributed by atoms with Gasteiger partial charge in [0.15, 0.2) is 5.78 Å². The number of hydrogen-bond acceptors (Lipinski definition) is 7. The molecule has 0 bridgehead atoms. The molecule has 0 radical (unpaired) electrons. The number of nitrogens with zero attached hydrogens (tertiary/aromatic N) is 4. The Balaban J connectivity index is 1.54. The normalized spacial score (nSPS) is 10.8. The lowest BCUT2D eigenvalue weighted by molar-refractivity contribution is 0.0979. The molecule has 27 heavy (non-hydrogen) atoms. The zero-order chi connectivity index (χ0) is 18.5. The minimum Gasteiger partial charge on any atom is -0.349 e. The third-order valence-electron chi connectivity index (χ3n) is 4.06. The van der Waals surface area contributed by atoms with Gasteiger partial charge >= 0.3 is 0 Å². The van der Waals surface area contributed by atoms with Crippen LogP contribution in [0.15, 0.2) is 60.2 Å². The van der Waals surface area contributed by atoms with Crippen LogP contribution in [0.2, 0.25) is 0 Å². The van der Waals surface area contributed by atoms with Crippen molar-refractivity contribution in [1.82, 2.24) is 19.9 Å². The fourth-order valence-corrected chi connectivity index (χ4v) is 3.55. The van der Waals surface area contributed by atoms with Gasteiger partial charge in [-0.2, -0.15) is 0 Å². The standard InChI is InChI=1S/C20H17N5OS/c26-17(8-7-14-5-1-3-10-21-14)18-19-16(9-12-27-19)24-20(25-18)23-13-15-6-2-4-11-22-15/h1-6,9-12H,7-8,13H2,(H,23,24,25). The molecule has 0 aliphatic heterocycles. The van der Waals surface area contributed by atoms with Gasteiger partial charge in [-0.3, -0.25) is 14.8 Å². The molecule has 0 unspecified atom stereocenters. The van der Waals surface area contributed by atoms with E-state index in [1.807, 2.05) is 47.8 Å². The highest BCUT2D eigenvalue weighted by Gasteiger charge is 2.16. The van der Waals surface area contributed by atoms with Crippen molar-refractivity contribution in [3.05, 3.63) is 77.3 Å². The molecule has 4 rings (SSSR count). The van der Waals surface area contributed by atoms with Crippen LogP contribution in [0.5, 0.6) is 0 Å². The number of carbonyl (C=O) groups excluding carboxylic acids is 1. The average Bonchev–Trinajstić information content (AvgIpc) is 3.20. The third-order valence-corrected chi connectivity index (χ3v) is 4.97. The van der Waals surface area contributed by atoms with E-state index >= 15 is 0 Å². The first-order valence-corrected chi connectivity index (χ1v) is 9.50. The number of aromatic nitrogens is 4. The summed E-state index contributed by atoms with van der Waals surface area (Å²) in [6.45, 7) is 0.498. The number of aryl methyl sites for hydroxylation is 1. The maximum absolute atomic E-state index is 12.8. The van der Waals surface area contributed by atoms with E-state index in [0.29, 0.717) is 31.0 Å². The second-order valence-electron chi connectivity index (χ2n) is 5.95. The van der Waals surface area contributed by atoms with E-state index in [1.165, 1.54) is 11.3 Å². The zero-order valence-electron chi connectivity index (χ0n) is 14.5. The van der Waals surface area contributed by atoms with Crippen molar-refractivity contribution in [3.8, 4) is 0 Å². The number of hydrogen-bond donors (Lipinski definition) is 1. The Hall–Kier alpha value is -3.19. The van der Waals surface area contributed by atoms with Gasteiger partial charge in [0.25, 0.3) is 0 Å². The first-order chi connectivity index (χ1) is 13.3. The number of thiophene rings is 1. The second-order valence-corrected chi connectivity index (χ2v) is 6.87. The lowest BCUT2D eigenvalue weighted by atomic mass is 10.1. The minimum absolute atomic E-state index is 0.00334. The zero-order valence-corrected chi connectivity index (χ0v) is 15.3. The summed E-state index contributed by atoms with van der Waals surface area (Å²) >= 11 is 1.49. The molecule has 0 atom stereocenters. The molecule has 0 amide bonds. The Morgan fingerprint density at radius 2 is 1.74 bits per heavy atom. The van der Waals surface area contributed by atoms with Gasteiger partial charge in [-0.25, -0.2) is 9.97 Å². The van der Waals surface area contributed by atoms with Gasteiger partial charge in [0, 0.05) is 24.5 Å². The Bertz CT molecular complexity index is 1050. The number of rotatable bonds is 7. The lowest BCUT2D eigenvalue weighted by Crippen LogP contribution is -2.10. The number of anilines is 1. The molecule has 0 saturated carbocycles. The summed E-state index contributed by atoms with van der Waals surface area (Å²) in [6, 6.07) is 13.3. The summed E-state index contributed by atoms with van der Waals surface area (Å²) in [5.74, 6) is 0.434. The third kappa shape index (κ3) is 4.15. The predicted molar refractivity (Wildman–Crippen MR) is 106 cm³/mol. The molecule has 4 heterocycles. The summed E-state index contributed by atoms with van der Waals surface area (Å²) in [7, 11) is 0. The van der Waals surface area contributed by atoms with E-state index in [2.05, 4.69) is 25.3 Å². The second kappa shape index (κ2) is 8.01. The Labute approximate surface area is 160 Å². The largest absolute Gasteiger partial charge is 0.349 e. The monoisotopic (exact) mass is 375 g/mol. The van der Waals surface area contributed by atoms with Crippen molar-refractivity contribution in [2.75, 3.05) is 5.32 Å². The molecule has 4 aromatic rings. The van der Waals surface area contributed by atoms with Crippen LogP contribution < -0.4 is 5.32 Å². The summed E-state index contributed by atoms with van der Waals surface area (Å²) in [5, 5.41) is 5.10. The van der Waals surface area contributed by atoms with Gasteiger partial charge in [0.1, 0.15) is 5.69 Å². The van der Waals surface area contributed by atoms with Crippen molar-refractivity contribution in [3.63, 3.8) is 0 Å². The summed E-state index contributed by atoms with van der Waals surface area (Å²) in [4.78, 5) is 30.4. The smallest absolute Gasteiger partial charge is 0.224 e. The molecule has 134 valence electrons. The SMILES string of the molecule is O=C(CCc1ccccn1)c1nc(NCc2ccccn2)nc2ccsc12. The molecule has 0 aliphatic carbocycles. The van der Waals surface area contributed by atoms with Gasteiger partial charge in [0.2, 0.25) is 5.95 Å². The summed E-state index contributed by atoms with van der Waals surface area (Å²) in [5.41, 5.74) is 3.03. The van der Waals surface area contributed by atoms with Crippen molar-refractivity contribution in [2.24, 2.45) is 0 Å².